The topological polar surface area (TPSA) is 21.8 Å². The second-order valence-electron chi connectivity index (χ2n) is 5.87. The van der Waals surface area contributed by atoms with Gasteiger partial charge in [0.1, 0.15) is 0 Å². The Balaban J connectivity index is 3.24. The molecular formula is C15H36N4. The standard InChI is InChI=1S/C15H36N4/c1-6-11-18(4)13-7-9-16-10-15-19(5)14-8-12-17(2)3/h16H,6-15H2,1-5H3. The number of likely N-dealkylation sites (N-methyl/N-ethyl adjacent to an activating group) is 1. The number of hydrogen-bond acceptors (Lipinski definition) is 4. The molecule has 19 heavy (non-hydrogen) atoms. The molecule has 0 amide bonds. The third-order valence-electron chi connectivity index (χ3n) is 3.31. The van der Waals surface area contributed by atoms with Crippen molar-refractivity contribution in [2.24, 2.45) is 0 Å². The molecule has 0 aliphatic carbocycles. The van der Waals surface area contributed by atoms with Crippen molar-refractivity contribution in [1.29, 1.82) is 0 Å². The zero-order valence-corrected chi connectivity index (χ0v) is 13.9. The van der Waals surface area contributed by atoms with Crippen LogP contribution in [0.5, 0.6) is 0 Å². The van der Waals surface area contributed by atoms with Gasteiger partial charge in [0.15, 0.2) is 0 Å². The van der Waals surface area contributed by atoms with Crippen molar-refractivity contribution in [3.8, 4) is 0 Å². The Hall–Kier alpha value is -0.160. The van der Waals surface area contributed by atoms with E-state index >= 15 is 0 Å². The van der Waals surface area contributed by atoms with Crippen molar-refractivity contribution in [3.63, 3.8) is 0 Å². The Morgan fingerprint density at radius 1 is 0.684 bits per heavy atom. The molecule has 0 heterocycles. The normalized spacial score (nSPS) is 12.0. The van der Waals surface area contributed by atoms with Crippen LogP contribution in [0.15, 0.2) is 0 Å². The third kappa shape index (κ3) is 14.1. The molecule has 116 valence electrons. The van der Waals surface area contributed by atoms with Gasteiger partial charge in [0, 0.05) is 13.1 Å². The molecule has 0 radical (unpaired) electrons. The highest BCUT2D eigenvalue weighted by Crippen LogP contribution is 1.90. The Morgan fingerprint density at radius 3 is 1.95 bits per heavy atom. The predicted molar refractivity (Wildman–Crippen MR) is 85.9 cm³/mol. The van der Waals surface area contributed by atoms with Gasteiger partial charge < -0.3 is 20.0 Å². The van der Waals surface area contributed by atoms with Gasteiger partial charge in [-0.05, 0) is 80.2 Å². The average Bonchev–Trinajstić information content (AvgIpc) is 2.33. The first kappa shape index (κ1) is 18.8. The van der Waals surface area contributed by atoms with Crippen LogP contribution >= 0.6 is 0 Å². The smallest absolute Gasteiger partial charge is 0.0104 e. The maximum Gasteiger partial charge on any atom is 0.0104 e. The first-order valence-electron chi connectivity index (χ1n) is 7.78. The number of nitrogens with zero attached hydrogens (tertiary/aromatic N) is 3. The van der Waals surface area contributed by atoms with Crippen LogP contribution in [-0.4, -0.2) is 88.7 Å². The molecule has 0 fully saturated rings. The zero-order valence-electron chi connectivity index (χ0n) is 13.9. The van der Waals surface area contributed by atoms with E-state index in [2.05, 4.69) is 55.1 Å². The lowest BCUT2D eigenvalue weighted by Gasteiger charge is -2.19. The van der Waals surface area contributed by atoms with Gasteiger partial charge in [0.2, 0.25) is 0 Å². The quantitative estimate of drug-likeness (QED) is 0.508. The predicted octanol–water partition coefficient (Wildman–Crippen LogP) is 1.19. The van der Waals surface area contributed by atoms with Gasteiger partial charge >= 0.3 is 0 Å². The van der Waals surface area contributed by atoms with Crippen LogP contribution in [0.2, 0.25) is 0 Å². The summed E-state index contributed by atoms with van der Waals surface area (Å²) >= 11 is 0. The van der Waals surface area contributed by atoms with Crippen molar-refractivity contribution >= 4 is 0 Å². The molecule has 0 saturated carbocycles. The van der Waals surface area contributed by atoms with Crippen molar-refractivity contribution in [3.05, 3.63) is 0 Å². The Bertz CT molecular complexity index is 185. The first-order chi connectivity index (χ1) is 9.06. The summed E-state index contributed by atoms with van der Waals surface area (Å²) in [5, 5.41) is 3.53. The Kier molecular flexibility index (Phi) is 12.7. The highest BCUT2D eigenvalue weighted by Gasteiger charge is 1.99. The van der Waals surface area contributed by atoms with E-state index in [4.69, 9.17) is 0 Å². The van der Waals surface area contributed by atoms with Crippen LogP contribution in [0.1, 0.15) is 26.2 Å². The first-order valence-corrected chi connectivity index (χ1v) is 7.78. The molecule has 0 saturated heterocycles. The summed E-state index contributed by atoms with van der Waals surface area (Å²) in [6.07, 6.45) is 3.76. The van der Waals surface area contributed by atoms with Crippen LogP contribution in [0.4, 0.5) is 0 Å². The second kappa shape index (κ2) is 12.9. The third-order valence-corrected chi connectivity index (χ3v) is 3.31. The van der Waals surface area contributed by atoms with E-state index in [1.165, 1.54) is 45.4 Å². The maximum atomic E-state index is 3.53. The molecule has 0 aromatic heterocycles. The van der Waals surface area contributed by atoms with Crippen molar-refractivity contribution in [2.75, 3.05) is 74.0 Å². The maximum absolute atomic E-state index is 3.53. The fourth-order valence-corrected chi connectivity index (χ4v) is 2.13. The molecule has 1 N–H and O–H groups in total. The molecule has 0 rings (SSSR count). The number of nitrogens with one attached hydrogen (secondary N) is 1. The minimum Gasteiger partial charge on any atom is -0.315 e. The molecule has 0 bridgehead atoms. The lowest BCUT2D eigenvalue weighted by Crippen LogP contribution is -2.32. The molecule has 4 nitrogen and oxygen atoms in total. The second-order valence-corrected chi connectivity index (χ2v) is 5.87. The van der Waals surface area contributed by atoms with E-state index in [1.807, 2.05) is 0 Å². The largest absolute Gasteiger partial charge is 0.315 e. The minimum atomic E-state index is 1.11. The van der Waals surface area contributed by atoms with Crippen molar-refractivity contribution in [1.82, 2.24) is 20.0 Å². The minimum absolute atomic E-state index is 1.11. The molecule has 0 aromatic rings. The summed E-state index contributed by atoms with van der Waals surface area (Å²) < 4.78 is 0. The van der Waals surface area contributed by atoms with Gasteiger partial charge in [-0.3, -0.25) is 0 Å². The van der Waals surface area contributed by atoms with E-state index in [0.29, 0.717) is 0 Å². The number of rotatable bonds is 13. The van der Waals surface area contributed by atoms with Gasteiger partial charge in [-0.2, -0.15) is 0 Å². The summed E-state index contributed by atoms with van der Waals surface area (Å²) in [7, 11) is 8.70. The molecule has 0 aliphatic heterocycles. The molecule has 4 heteroatoms. The SMILES string of the molecule is CCCN(C)CCCNCCN(C)CCCN(C)C. The van der Waals surface area contributed by atoms with Gasteiger partial charge in [0.25, 0.3) is 0 Å². The summed E-state index contributed by atoms with van der Waals surface area (Å²) in [4.78, 5) is 7.08. The molecule has 0 atom stereocenters. The highest BCUT2D eigenvalue weighted by atomic mass is 15.1. The van der Waals surface area contributed by atoms with E-state index in [0.717, 1.165) is 19.6 Å². The van der Waals surface area contributed by atoms with Crippen molar-refractivity contribution < 1.29 is 0 Å². The fourth-order valence-electron chi connectivity index (χ4n) is 2.13. The van der Waals surface area contributed by atoms with Crippen LogP contribution in [-0.2, 0) is 0 Å². The Labute approximate surface area is 121 Å². The fraction of sp³-hybridized carbons (Fsp3) is 1.00. The van der Waals surface area contributed by atoms with Crippen LogP contribution in [0.25, 0.3) is 0 Å². The average molecular weight is 272 g/mol. The Morgan fingerprint density at radius 2 is 1.32 bits per heavy atom. The lowest BCUT2D eigenvalue weighted by molar-refractivity contribution is 0.296. The van der Waals surface area contributed by atoms with Gasteiger partial charge in [-0.1, -0.05) is 6.92 Å². The van der Waals surface area contributed by atoms with E-state index in [1.54, 1.807) is 0 Å². The summed E-state index contributed by atoms with van der Waals surface area (Å²) in [5.41, 5.74) is 0. The lowest BCUT2D eigenvalue weighted by atomic mass is 10.3. The van der Waals surface area contributed by atoms with Gasteiger partial charge in [-0.15, -0.1) is 0 Å². The monoisotopic (exact) mass is 272 g/mol. The van der Waals surface area contributed by atoms with Crippen LogP contribution in [0.3, 0.4) is 0 Å². The van der Waals surface area contributed by atoms with E-state index in [-0.39, 0.29) is 0 Å². The molecule has 0 aliphatic rings. The molecular weight excluding hydrogens is 236 g/mol. The van der Waals surface area contributed by atoms with Gasteiger partial charge in [0.05, 0.1) is 0 Å². The summed E-state index contributed by atoms with van der Waals surface area (Å²) in [5.74, 6) is 0. The van der Waals surface area contributed by atoms with Crippen molar-refractivity contribution in [2.45, 2.75) is 26.2 Å². The molecule has 0 unspecified atom stereocenters. The van der Waals surface area contributed by atoms with Crippen LogP contribution < -0.4 is 5.32 Å². The zero-order chi connectivity index (χ0) is 14.5. The molecule has 0 spiro atoms. The van der Waals surface area contributed by atoms with E-state index in [9.17, 15) is 0 Å². The summed E-state index contributed by atoms with van der Waals surface area (Å²) in [6, 6.07) is 0. The highest BCUT2D eigenvalue weighted by molar-refractivity contribution is 4.58. The molecule has 0 aromatic carbocycles. The van der Waals surface area contributed by atoms with Gasteiger partial charge in [-0.25, -0.2) is 0 Å². The van der Waals surface area contributed by atoms with Crippen LogP contribution in [0, 0.1) is 0 Å². The summed E-state index contributed by atoms with van der Waals surface area (Å²) in [6.45, 7) is 10.4. The number of hydrogen-bond donors (Lipinski definition) is 1. The van der Waals surface area contributed by atoms with E-state index < -0.39 is 0 Å².